The molecule has 0 spiro atoms. The molecule has 0 bridgehead atoms. The maximum atomic E-state index is 12.2. The van der Waals surface area contributed by atoms with Crippen LogP contribution in [0.25, 0.3) is 0 Å². The van der Waals surface area contributed by atoms with Gasteiger partial charge in [0.15, 0.2) is 0 Å². The van der Waals surface area contributed by atoms with Crippen molar-refractivity contribution in [1.82, 2.24) is 20.4 Å². The number of likely N-dealkylation sites (N-methyl/N-ethyl adjacent to an activating group) is 1. The van der Waals surface area contributed by atoms with Crippen LogP contribution in [0.4, 0.5) is 0 Å². The zero-order chi connectivity index (χ0) is 16.8. The Kier molecular flexibility index (Phi) is 6.24. The molecule has 2 saturated heterocycles. The topological polar surface area (TPSA) is 47.6 Å². The van der Waals surface area contributed by atoms with Crippen molar-refractivity contribution >= 4 is 5.91 Å². The molecule has 1 aromatic carbocycles. The summed E-state index contributed by atoms with van der Waals surface area (Å²) in [6, 6.07) is 8.50. The monoisotopic (exact) mass is 330 g/mol. The minimum absolute atomic E-state index is 0.000663. The number of carbonyl (C=O) groups is 1. The lowest BCUT2D eigenvalue weighted by Crippen LogP contribution is -2.45. The van der Waals surface area contributed by atoms with Crippen molar-refractivity contribution in [2.24, 2.45) is 0 Å². The molecule has 0 saturated carbocycles. The average Bonchev–Trinajstić information content (AvgIpc) is 3.16. The number of nitrogens with zero attached hydrogens (tertiary/aromatic N) is 2. The Balaban J connectivity index is 1.54. The van der Waals surface area contributed by atoms with Crippen LogP contribution in [0.2, 0.25) is 0 Å². The van der Waals surface area contributed by atoms with Gasteiger partial charge in [0, 0.05) is 39.3 Å². The minimum atomic E-state index is -0.000663. The first-order chi connectivity index (χ1) is 11.8. The molecule has 132 valence electrons. The highest BCUT2D eigenvalue weighted by Crippen LogP contribution is 2.14. The zero-order valence-electron chi connectivity index (χ0n) is 14.8. The second-order valence-corrected chi connectivity index (χ2v) is 6.85. The van der Waals surface area contributed by atoms with E-state index in [-0.39, 0.29) is 11.9 Å². The van der Waals surface area contributed by atoms with Crippen LogP contribution in [0.15, 0.2) is 24.3 Å². The van der Waals surface area contributed by atoms with Gasteiger partial charge in [-0.1, -0.05) is 31.2 Å². The Labute approximate surface area is 145 Å². The largest absolute Gasteiger partial charge is 0.351 e. The molecule has 1 unspecified atom stereocenters. The molecule has 0 aliphatic carbocycles. The normalized spacial score (nSPS) is 22.6. The highest BCUT2D eigenvalue weighted by molar-refractivity contribution is 5.82. The smallest absolute Gasteiger partial charge is 0.237 e. The standard InChI is InChI=1S/C19H30N4O/c1-2-22-10-12-23(13-11-22)15-17-7-4-3-6-16(17)14-21-19(24)18-8-5-9-20-18/h3-4,6-7,18,20H,2,5,8-15H2,1H3,(H,21,24). The van der Waals surface area contributed by atoms with E-state index in [4.69, 9.17) is 0 Å². The molecule has 3 rings (SSSR count). The fourth-order valence-electron chi connectivity index (χ4n) is 3.60. The third-order valence-electron chi connectivity index (χ3n) is 5.25. The van der Waals surface area contributed by atoms with Gasteiger partial charge < -0.3 is 15.5 Å². The molecule has 1 aromatic rings. The number of rotatable bonds is 6. The SMILES string of the molecule is CCN1CCN(Cc2ccccc2CNC(=O)C2CCCN2)CC1. The van der Waals surface area contributed by atoms with E-state index in [1.807, 2.05) is 0 Å². The van der Waals surface area contributed by atoms with Gasteiger partial charge in [0.05, 0.1) is 6.04 Å². The molecular formula is C19H30N4O. The Morgan fingerprint density at radius 3 is 2.54 bits per heavy atom. The van der Waals surface area contributed by atoms with Crippen LogP contribution in [-0.4, -0.2) is 61.0 Å². The molecular weight excluding hydrogens is 300 g/mol. The molecule has 0 radical (unpaired) electrons. The van der Waals surface area contributed by atoms with Crippen LogP contribution in [0.5, 0.6) is 0 Å². The Hall–Kier alpha value is -1.43. The van der Waals surface area contributed by atoms with Gasteiger partial charge in [0.25, 0.3) is 0 Å². The number of carbonyl (C=O) groups excluding carboxylic acids is 1. The second kappa shape index (κ2) is 8.60. The van der Waals surface area contributed by atoms with E-state index in [0.29, 0.717) is 6.54 Å². The molecule has 2 heterocycles. The average molecular weight is 330 g/mol. The van der Waals surface area contributed by atoms with Crippen LogP contribution >= 0.6 is 0 Å². The third-order valence-corrected chi connectivity index (χ3v) is 5.25. The first-order valence-corrected chi connectivity index (χ1v) is 9.29. The summed E-state index contributed by atoms with van der Waals surface area (Å²) in [5.41, 5.74) is 2.57. The maximum Gasteiger partial charge on any atom is 0.237 e. The van der Waals surface area contributed by atoms with Gasteiger partial charge >= 0.3 is 0 Å². The van der Waals surface area contributed by atoms with E-state index in [1.54, 1.807) is 0 Å². The van der Waals surface area contributed by atoms with Crippen molar-refractivity contribution in [1.29, 1.82) is 0 Å². The molecule has 2 N–H and O–H groups in total. The summed E-state index contributed by atoms with van der Waals surface area (Å²) < 4.78 is 0. The van der Waals surface area contributed by atoms with E-state index in [2.05, 4.69) is 51.6 Å². The van der Waals surface area contributed by atoms with Crippen molar-refractivity contribution in [2.45, 2.75) is 38.9 Å². The summed E-state index contributed by atoms with van der Waals surface area (Å²) in [5.74, 6) is 0.138. The van der Waals surface area contributed by atoms with Crippen LogP contribution < -0.4 is 10.6 Å². The lowest BCUT2D eigenvalue weighted by atomic mass is 10.1. The molecule has 1 amide bonds. The van der Waals surface area contributed by atoms with E-state index in [1.165, 1.54) is 11.1 Å². The summed E-state index contributed by atoms with van der Waals surface area (Å²) >= 11 is 0. The summed E-state index contributed by atoms with van der Waals surface area (Å²) in [6.07, 6.45) is 2.05. The Morgan fingerprint density at radius 1 is 1.17 bits per heavy atom. The number of nitrogens with one attached hydrogen (secondary N) is 2. The summed E-state index contributed by atoms with van der Waals surface area (Å²) in [7, 11) is 0. The molecule has 5 nitrogen and oxygen atoms in total. The number of hydrogen-bond acceptors (Lipinski definition) is 4. The predicted octanol–water partition coefficient (Wildman–Crippen LogP) is 1.19. The van der Waals surface area contributed by atoms with Gasteiger partial charge in [0.1, 0.15) is 0 Å². The van der Waals surface area contributed by atoms with Gasteiger partial charge in [-0.15, -0.1) is 0 Å². The summed E-state index contributed by atoms with van der Waals surface area (Å²) in [6.45, 7) is 10.5. The summed E-state index contributed by atoms with van der Waals surface area (Å²) in [5, 5.41) is 6.36. The molecule has 2 aliphatic heterocycles. The predicted molar refractivity (Wildman–Crippen MR) is 96.7 cm³/mol. The van der Waals surface area contributed by atoms with Crippen LogP contribution in [0, 0.1) is 0 Å². The lowest BCUT2D eigenvalue weighted by molar-refractivity contribution is -0.122. The van der Waals surface area contributed by atoms with E-state index in [9.17, 15) is 4.79 Å². The quantitative estimate of drug-likeness (QED) is 0.823. The van der Waals surface area contributed by atoms with Crippen molar-refractivity contribution in [3.8, 4) is 0 Å². The minimum Gasteiger partial charge on any atom is -0.351 e. The number of piperazine rings is 1. The van der Waals surface area contributed by atoms with Crippen molar-refractivity contribution < 1.29 is 4.79 Å². The van der Waals surface area contributed by atoms with Crippen molar-refractivity contribution in [3.05, 3.63) is 35.4 Å². The van der Waals surface area contributed by atoms with E-state index < -0.39 is 0 Å². The zero-order valence-corrected chi connectivity index (χ0v) is 14.8. The van der Waals surface area contributed by atoms with Crippen molar-refractivity contribution in [2.75, 3.05) is 39.3 Å². The third kappa shape index (κ3) is 4.56. The molecule has 1 atom stereocenters. The first kappa shape index (κ1) is 17.4. The molecule has 24 heavy (non-hydrogen) atoms. The summed E-state index contributed by atoms with van der Waals surface area (Å²) in [4.78, 5) is 17.2. The second-order valence-electron chi connectivity index (χ2n) is 6.85. The van der Waals surface area contributed by atoms with Gasteiger partial charge in [-0.3, -0.25) is 9.69 Å². The van der Waals surface area contributed by atoms with Gasteiger partial charge in [-0.05, 0) is 37.1 Å². The fraction of sp³-hybridized carbons (Fsp3) is 0.632. The Morgan fingerprint density at radius 2 is 1.88 bits per heavy atom. The number of benzene rings is 1. The molecule has 2 fully saturated rings. The number of hydrogen-bond donors (Lipinski definition) is 2. The van der Waals surface area contributed by atoms with E-state index in [0.717, 1.165) is 58.7 Å². The molecule has 0 aromatic heterocycles. The van der Waals surface area contributed by atoms with E-state index >= 15 is 0 Å². The Bertz CT molecular complexity index is 534. The van der Waals surface area contributed by atoms with Crippen molar-refractivity contribution in [3.63, 3.8) is 0 Å². The fourth-order valence-corrected chi connectivity index (χ4v) is 3.60. The van der Waals surface area contributed by atoms with Gasteiger partial charge in [-0.25, -0.2) is 0 Å². The lowest BCUT2D eigenvalue weighted by Gasteiger charge is -2.34. The highest BCUT2D eigenvalue weighted by atomic mass is 16.2. The first-order valence-electron chi connectivity index (χ1n) is 9.29. The van der Waals surface area contributed by atoms with Gasteiger partial charge in [-0.2, -0.15) is 0 Å². The van der Waals surface area contributed by atoms with Crippen LogP contribution in [0.1, 0.15) is 30.9 Å². The molecule has 2 aliphatic rings. The van der Waals surface area contributed by atoms with Crippen LogP contribution in [-0.2, 0) is 17.9 Å². The maximum absolute atomic E-state index is 12.2. The number of amides is 1. The van der Waals surface area contributed by atoms with Gasteiger partial charge in [0.2, 0.25) is 5.91 Å². The highest BCUT2D eigenvalue weighted by Gasteiger charge is 2.22. The van der Waals surface area contributed by atoms with Crippen LogP contribution in [0.3, 0.4) is 0 Å². The molecule has 5 heteroatoms.